The number of oxazole rings is 1. The highest BCUT2D eigenvalue weighted by atomic mass is 16.3. The number of hydrogen-bond acceptors (Lipinski definition) is 4. The van der Waals surface area contributed by atoms with Crippen molar-refractivity contribution in [1.82, 2.24) is 15.0 Å². The summed E-state index contributed by atoms with van der Waals surface area (Å²) < 4.78 is 6.16. The van der Waals surface area contributed by atoms with Gasteiger partial charge in [0, 0.05) is 22.3 Å². The molecule has 2 aliphatic carbocycles. The van der Waals surface area contributed by atoms with Crippen molar-refractivity contribution in [3.63, 3.8) is 0 Å². The molecule has 8 rings (SSSR count). The molecule has 0 spiro atoms. The van der Waals surface area contributed by atoms with Crippen LogP contribution in [0.25, 0.3) is 51.6 Å². The van der Waals surface area contributed by atoms with Crippen molar-refractivity contribution in [3.8, 4) is 22.7 Å². The number of aromatic nitrogens is 3. The van der Waals surface area contributed by atoms with Gasteiger partial charge < -0.3 is 4.42 Å². The second-order valence-corrected chi connectivity index (χ2v) is 12.5. The van der Waals surface area contributed by atoms with Crippen LogP contribution in [0.1, 0.15) is 47.0 Å². The van der Waals surface area contributed by atoms with E-state index in [2.05, 4.69) is 86.0 Å². The van der Waals surface area contributed by atoms with Gasteiger partial charge in [0.1, 0.15) is 5.35 Å². The fourth-order valence-electron chi connectivity index (χ4n) is 6.81. The summed E-state index contributed by atoms with van der Waals surface area (Å²) in [6, 6.07) is 41.4. The van der Waals surface area contributed by atoms with Crippen LogP contribution in [0.3, 0.4) is 0 Å². The van der Waals surface area contributed by atoms with E-state index in [1.807, 2.05) is 78.9 Å². The molecule has 0 fully saturated rings. The summed E-state index contributed by atoms with van der Waals surface area (Å²) in [4.78, 5) is 15.0. The van der Waals surface area contributed by atoms with Gasteiger partial charge in [-0.1, -0.05) is 141 Å². The average molecular weight is 634 g/mol. The molecular weight excluding hydrogens is 599 g/mol. The third-order valence-electron chi connectivity index (χ3n) is 9.38. The molecule has 2 atom stereocenters. The molecule has 2 unspecified atom stereocenters. The fourth-order valence-corrected chi connectivity index (χ4v) is 6.81. The van der Waals surface area contributed by atoms with E-state index >= 15 is 0 Å². The minimum atomic E-state index is 0.295. The molecule has 4 aromatic carbocycles. The fraction of sp³-hybridized carbons (Fsp3) is 0.0889. The standard InChI is InChI=1S/C45H35N3O/c1-30(32-14-6-3-7-15-32)22-23-31(2)44-46-40(33-16-8-4-9-17-33)29-41(47-44)39-26-25-36(37-20-12-13-21-38(37)39)35-24-27-43-42(28-35)48-45(49-43)34-18-10-5-11-19-34/h3-23,26-29,35-36H,1-2,24-25H2/b23-22-. The highest BCUT2D eigenvalue weighted by molar-refractivity contribution is 5.84. The lowest BCUT2D eigenvalue weighted by Gasteiger charge is -2.30. The minimum absolute atomic E-state index is 0.295. The second-order valence-electron chi connectivity index (χ2n) is 12.5. The van der Waals surface area contributed by atoms with Gasteiger partial charge in [0.25, 0.3) is 0 Å². The average Bonchev–Trinajstić information content (AvgIpc) is 3.61. The molecule has 0 radical (unpaired) electrons. The second kappa shape index (κ2) is 13.2. The lowest BCUT2D eigenvalue weighted by atomic mass is 9.74. The molecule has 6 aromatic rings. The quantitative estimate of drug-likeness (QED) is 0.157. The maximum absolute atomic E-state index is 6.16. The van der Waals surface area contributed by atoms with E-state index in [1.54, 1.807) is 0 Å². The van der Waals surface area contributed by atoms with Gasteiger partial charge in [-0.2, -0.15) is 0 Å². The monoisotopic (exact) mass is 633 g/mol. The molecule has 0 aliphatic heterocycles. The molecule has 0 amide bonds. The number of hydrogen-bond donors (Lipinski definition) is 0. The molecule has 49 heavy (non-hydrogen) atoms. The molecule has 2 heterocycles. The van der Waals surface area contributed by atoms with E-state index in [9.17, 15) is 0 Å². The van der Waals surface area contributed by atoms with Crippen LogP contribution < -0.4 is 10.8 Å². The number of nitrogens with zero attached hydrogens (tertiary/aromatic N) is 3. The van der Waals surface area contributed by atoms with Crippen LogP contribution in [0.5, 0.6) is 0 Å². The van der Waals surface area contributed by atoms with Crippen LogP contribution in [0, 0.1) is 5.92 Å². The van der Waals surface area contributed by atoms with Crippen LogP contribution in [-0.2, 0) is 0 Å². The largest absolute Gasteiger partial charge is 0.436 e. The SMILES string of the molecule is C=C(/C=C\C(=C)c1nc(C2=CCC(C3C=c4nc(-c5ccccc5)oc4=CC3)c3ccccc32)cc(-c2ccccc2)n1)c1ccccc1. The smallest absolute Gasteiger partial charge is 0.227 e. The van der Waals surface area contributed by atoms with Gasteiger partial charge in [0.2, 0.25) is 5.89 Å². The lowest BCUT2D eigenvalue weighted by molar-refractivity contribution is 0.513. The van der Waals surface area contributed by atoms with E-state index in [0.29, 0.717) is 23.6 Å². The molecular formula is C45H35N3O. The summed E-state index contributed by atoms with van der Waals surface area (Å²) in [5.74, 6) is 1.86. The predicted molar refractivity (Wildman–Crippen MR) is 200 cm³/mol. The minimum Gasteiger partial charge on any atom is -0.436 e. The van der Waals surface area contributed by atoms with Crippen molar-refractivity contribution >= 4 is 28.9 Å². The van der Waals surface area contributed by atoms with E-state index < -0.39 is 0 Å². The Bertz CT molecular complexity index is 2370. The number of benzene rings is 4. The van der Waals surface area contributed by atoms with Crippen molar-refractivity contribution in [2.75, 3.05) is 0 Å². The molecule has 2 aliphatic rings. The van der Waals surface area contributed by atoms with E-state index in [4.69, 9.17) is 19.4 Å². The molecule has 0 saturated carbocycles. The van der Waals surface area contributed by atoms with Gasteiger partial charge in [-0.15, -0.1) is 0 Å². The van der Waals surface area contributed by atoms with E-state index in [1.165, 1.54) is 11.1 Å². The van der Waals surface area contributed by atoms with E-state index in [-0.39, 0.29) is 0 Å². The van der Waals surface area contributed by atoms with Crippen molar-refractivity contribution in [3.05, 3.63) is 192 Å². The number of fused-ring (bicyclic) bond motifs is 2. The van der Waals surface area contributed by atoms with Gasteiger partial charge in [-0.05, 0) is 71.2 Å². The van der Waals surface area contributed by atoms with Gasteiger partial charge in [-0.25, -0.2) is 15.0 Å². The van der Waals surface area contributed by atoms with Gasteiger partial charge >= 0.3 is 0 Å². The molecule has 4 heteroatoms. The Balaban J connectivity index is 1.14. The molecule has 2 aromatic heterocycles. The van der Waals surface area contributed by atoms with Crippen molar-refractivity contribution in [2.45, 2.75) is 18.8 Å². The zero-order chi connectivity index (χ0) is 33.2. The first-order chi connectivity index (χ1) is 24.1. The Labute approximate surface area is 286 Å². The number of allylic oxidation sites excluding steroid dienone is 5. The Kier molecular flexibility index (Phi) is 8.12. The summed E-state index contributed by atoms with van der Waals surface area (Å²) >= 11 is 0. The summed E-state index contributed by atoms with van der Waals surface area (Å²) in [6.45, 7) is 8.63. The first-order valence-corrected chi connectivity index (χ1v) is 16.7. The van der Waals surface area contributed by atoms with Crippen LogP contribution in [-0.4, -0.2) is 15.0 Å². The highest BCUT2D eigenvalue weighted by Crippen LogP contribution is 2.43. The Morgan fingerprint density at radius 1 is 0.653 bits per heavy atom. The molecule has 236 valence electrons. The molecule has 4 nitrogen and oxygen atoms in total. The van der Waals surface area contributed by atoms with Crippen molar-refractivity contribution < 1.29 is 4.42 Å². The third kappa shape index (κ3) is 6.17. The van der Waals surface area contributed by atoms with Crippen LogP contribution in [0.15, 0.2) is 157 Å². The zero-order valence-electron chi connectivity index (χ0n) is 27.2. The van der Waals surface area contributed by atoms with Gasteiger partial charge in [0.05, 0.1) is 11.4 Å². The van der Waals surface area contributed by atoms with Gasteiger partial charge in [-0.3, -0.25) is 0 Å². The molecule has 0 N–H and O–H groups in total. The van der Waals surface area contributed by atoms with Crippen molar-refractivity contribution in [2.24, 2.45) is 5.92 Å². The Morgan fingerprint density at radius 2 is 1.31 bits per heavy atom. The maximum atomic E-state index is 6.16. The number of rotatable bonds is 8. The summed E-state index contributed by atoms with van der Waals surface area (Å²) in [5.41, 5.74) is 11.0. The van der Waals surface area contributed by atoms with Crippen molar-refractivity contribution in [1.29, 1.82) is 0 Å². The Morgan fingerprint density at radius 3 is 2.08 bits per heavy atom. The van der Waals surface area contributed by atoms with Gasteiger partial charge in [0.15, 0.2) is 11.2 Å². The summed E-state index contributed by atoms with van der Waals surface area (Å²) in [6.07, 6.45) is 12.6. The van der Waals surface area contributed by atoms with Crippen LogP contribution >= 0.6 is 0 Å². The third-order valence-corrected chi connectivity index (χ3v) is 9.38. The summed E-state index contributed by atoms with van der Waals surface area (Å²) in [5, 5.41) is 0.928. The normalized spacial score (nSPS) is 16.5. The molecule has 0 saturated heterocycles. The van der Waals surface area contributed by atoms with Crippen LogP contribution in [0.2, 0.25) is 0 Å². The topological polar surface area (TPSA) is 51.8 Å². The first kappa shape index (κ1) is 30.2. The van der Waals surface area contributed by atoms with E-state index in [0.717, 1.165) is 68.4 Å². The zero-order valence-corrected chi connectivity index (χ0v) is 27.2. The first-order valence-electron chi connectivity index (χ1n) is 16.7. The summed E-state index contributed by atoms with van der Waals surface area (Å²) in [7, 11) is 0. The highest BCUT2D eigenvalue weighted by Gasteiger charge is 2.29. The molecule has 0 bridgehead atoms. The predicted octanol–water partition coefficient (Wildman–Crippen LogP) is 9.28. The lowest BCUT2D eigenvalue weighted by Crippen LogP contribution is -2.29. The van der Waals surface area contributed by atoms with Crippen LogP contribution in [0.4, 0.5) is 0 Å². The Hall–Kier alpha value is -6.13. The maximum Gasteiger partial charge on any atom is 0.227 e.